The third-order valence-corrected chi connectivity index (χ3v) is 5.30. The summed E-state index contributed by atoms with van der Waals surface area (Å²) in [7, 11) is -3.59. The van der Waals surface area contributed by atoms with E-state index in [1.54, 1.807) is 43.3 Å². The summed E-state index contributed by atoms with van der Waals surface area (Å²) in [6.07, 6.45) is 0. The van der Waals surface area contributed by atoms with Crippen LogP contribution in [0.4, 0.5) is 0 Å². The number of nitrogens with one attached hydrogen (secondary N) is 2. The number of carbonyl (C=O) groups excluding carboxylic acids is 1. The molecule has 0 spiro atoms. The molecule has 0 bridgehead atoms. The highest BCUT2D eigenvalue weighted by Gasteiger charge is 2.27. The van der Waals surface area contributed by atoms with Gasteiger partial charge in [0.05, 0.1) is 0 Å². The maximum absolute atomic E-state index is 13.0. The van der Waals surface area contributed by atoms with Gasteiger partial charge < -0.3 is 4.52 Å². The lowest BCUT2D eigenvalue weighted by Gasteiger charge is -2.20. The van der Waals surface area contributed by atoms with Gasteiger partial charge in [-0.3, -0.25) is 9.88 Å². The van der Waals surface area contributed by atoms with Gasteiger partial charge in [-0.15, -0.1) is 0 Å². The maximum atomic E-state index is 13.0. The summed E-state index contributed by atoms with van der Waals surface area (Å²) in [6, 6.07) is 21.8. The summed E-state index contributed by atoms with van der Waals surface area (Å²) in [4.78, 5) is 12.3. The van der Waals surface area contributed by atoms with Crippen molar-refractivity contribution in [2.24, 2.45) is 0 Å². The lowest BCUT2D eigenvalue weighted by Crippen LogP contribution is -2.30. The van der Waals surface area contributed by atoms with Gasteiger partial charge in [0.25, 0.3) is 5.91 Å². The molecule has 0 aliphatic carbocycles. The number of rotatable bonds is 6. The first-order chi connectivity index (χ1) is 12.1. The third kappa shape index (κ3) is 4.27. The molecule has 128 valence electrons. The van der Waals surface area contributed by atoms with Gasteiger partial charge in [0.2, 0.25) is 0 Å². The number of amides is 1. The van der Waals surface area contributed by atoms with Crippen molar-refractivity contribution in [1.82, 2.24) is 10.2 Å². The SMILES string of the molecule is CCNP(=O)(NC(=O)c1ccccc1)Oc1ccc2ccccc2c1. The summed E-state index contributed by atoms with van der Waals surface area (Å²) in [6.45, 7) is 2.19. The van der Waals surface area contributed by atoms with Crippen molar-refractivity contribution < 1.29 is 13.9 Å². The normalized spacial score (nSPS) is 13.2. The minimum Gasteiger partial charge on any atom is -0.418 e. The van der Waals surface area contributed by atoms with Crippen molar-refractivity contribution in [3.63, 3.8) is 0 Å². The molecule has 0 radical (unpaired) electrons. The predicted molar refractivity (Wildman–Crippen MR) is 99.8 cm³/mol. The van der Waals surface area contributed by atoms with Gasteiger partial charge in [-0.25, -0.2) is 9.65 Å². The second kappa shape index (κ2) is 7.51. The van der Waals surface area contributed by atoms with Crippen LogP contribution in [0.25, 0.3) is 10.8 Å². The molecule has 0 aliphatic heterocycles. The molecule has 0 saturated carbocycles. The van der Waals surface area contributed by atoms with E-state index in [0.29, 0.717) is 17.9 Å². The van der Waals surface area contributed by atoms with E-state index >= 15 is 0 Å². The number of carbonyl (C=O) groups is 1. The monoisotopic (exact) mass is 354 g/mol. The van der Waals surface area contributed by atoms with Crippen LogP contribution in [-0.2, 0) is 4.57 Å². The Kier molecular flexibility index (Phi) is 5.17. The quantitative estimate of drug-likeness (QED) is 0.645. The summed E-state index contributed by atoms with van der Waals surface area (Å²) >= 11 is 0. The van der Waals surface area contributed by atoms with Crippen molar-refractivity contribution in [2.45, 2.75) is 6.92 Å². The predicted octanol–water partition coefficient (Wildman–Crippen LogP) is 4.37. The Bertz CT molecular complexity index is 928. The van der Waals surface area contributed by atoms with Crippen LogP contribution in [0.15, 0.2) is 72.8 Å². The van der Waals surface area contributed by atoms with Crippen molar-refractivity contribution in [3.8, 4) is 5.75 Å². The third-order valence-electron chi connectivity index (χ3n) is 3.61. The Morgan fingerprint density at radius 1 is 0.960 bits per heavy atom. The van der Waals surface area contributed by atoms with E-state index in [1.807, 2.05) is 36.4 Å². The van der Waals surface area contributed by atoms with Gasteiger partial charge in [-0.05, 0) is 35.0 Å². The Morgan fingerprint density at radius 3 is 2.36 bits per heavy atom. The summed E-state index contributed by atoms with van der Waals surface area (Å²) in [5, 5.41) is 7.27. The Hall–Kier alpha value is -2.62. The second-order valence-corrected chi connectivity index (χ2v) is 7.30. The van der Waals surface area contributed by atoms with Gasteiger partial charge in [0.1, 0.15) is 5.75 Å². The first-order valence-corrected chi connectivity index (χ1v) is 9.63. The summed E-state index contributed by atoms with van der Waals surface area (Å²) < 4.78 is 18.7. The maximum Gasteiger partial charge on any atom is 0.419 e. The van der Waals surface area contributed by atoms with E-state index in [9.17, 15) is 9.36 Å². The zero-order valence-corrected chi connectivity index (χ0v) is 14.7. The van der Waals surface area contributed by atoms with E-state index in [2.05, 4.69) is 10.2 Å². The van der Waals surface area contributed by atoms with Crippen LogP contribution in [0, 0.1) is 0 Å². The lowest BCUT2D eigenvalue weighted by molar-refractivity contribution is 0.0977. The molecule has 0 saturated heterocycles. The second-order valence-electron chi connectivity index (χ2n) is 5.47. The molecule has 3 aromatic rings. The molecule has 1 unspecified atom stereocenters. The zero-order valence-electron chi connectivity index (χ0n) is 13.8. The number of benzene rings is 3. The largest absolute Gasteiger partial charge is 0.419 e. The summed E-state index contributed by atoms with van der Waals surface area (Å²) in [5.74, 6) is -0.0259. The van der Waals surface area contributed by atoms with E-state index < -0.39 is 13.6 Å². The molecule has 1 atom stereocenters. The fourth-order valence-corrected chi connectivity index (χ4v) is 3.88. The van der Waals surface area contributed by atoms with Gasteiger partial charge in [0, 0.05) is 12.1 Å². The molecule has 0 fully saturated rings. The minimum absolute atomic E-state index is 0.389. The van der Waals surface area contributed by atoms with Crippen molar-refractivity contribution >= 4 is 24.3 Å². The molecule has 1 amide bonds. The highest BCUT2D eigenvalue weighted by molar-refractivity contribution is 7.56. The molecule has 3 aromatic carbocycles. The molecule has 0 heterocycles. The molecule has 0 aliphatic rings. The average molecular weight is 354 g/mol. The smallest absolute Gasteiger partial charge is 0.418 e. The van der Waals surface area contributed by atoms with Crippen molar-refractivity contribution in [1.29, 1.82) is 0 Å². The zero-order chi connectivity index (χ0) is 17.7. The van der Waals surface area contributed by atoms with Gasteiger partial charge in [0.15, 0.2) is 0 Å². The number of hydrogen-bond donors (Lipinski definition) is 2. The Labute approximate surface area is 146 Å². The van der Waals surface area contributed by atoms with Crippen LogP contribution >= 0.6 is 7.67 Å². The topological polar surface area (TPSA) is 67.4 Å². The van der Waals surface area contributed by atoms with E-state index in [1.165, 1.54) is 0 Å². The van der Waals surface area contributed by atoms with Crippen LogP contribution in [0.3, 0.4) is 0 Å². The number of hydrogen-bond acceptors (Lipinski definition) is 3. The Balaban J connectivity index is 1.83. The van der Waals surface area contributed by atoms with Gasteiger partial charge in [-0.2, -0.15) is 0 Å². The van der Waals surface area contributed by atoms with E-state index in [-0.39, 0.29) is 0 Å². The van der Waals surface area contributed by atoms with E-state index in [0.717, 1.165) is 10.8 Å². The fraction of sp³-hybridized carbons (Fsp3) is 0.105. The van der Waals surface area contributed by atoms with Gasteiger partial charge in [-0.1, -0.05) is 55.5 Å². The molecular formula is C19H19N2O3P. The molecule has 25 heavy (non-hydrogen) atoms. The lowest BCUT2D eigenvalue weighted by atomic mass is 10.1. The molecule has 5 nitrogen and oxygen atoms in total. The average Bonchev–Trinajstić information content (AvgIpc) is 2.62. The van der Waals surface area contributed by atoms with Crippen LogP contribution in [-0.4, -0.2) is 12.5 Å². The molecule has 3 rings (SSSR count). The highest BCUT2D eigenvalue weighted by Crippen LogP contribution is 2.39. The first-order valence-electron chi connectivity index (χ1n) is 8.01. The van der Waals surface area contributed by atoms with Crippen molar-refractivity contribution in [2.75, 3.05) is 6.54 Å². The molecular weight excluding hydrogens is 335 g/mol. The first kappa shape index (κ1) is 17.2. The van der Waals surface area contributed by atoms with Gasteiger partial charge >= 0.3 is 7.67 Å². The van der Waals surface area contributed by atoms with Crippen LogP contribution in [0.5, 0.6) is 5.75 Å². The van der Waals surface area contributed by atoms with Crippen LogP contribution in [0.1, 0.15) is 17.3 Å². The van der Waals surface area contributed by atoms with E-state index in [4.69, 9.17) is 4.52 Å². The van der Waals surface area contributed by atoms with Crippen LogP contribution < -0.4 is 14.7 Å². The standard InChI is InChI=1S/C19H19N2O3P/c1-2-20-25(23,21-19(22)16-9-4-3-5-10-16)24-18-13-12-15-8-6-7-11-17(15)14-18/h3-14H,2H2,1H3,(H2,20,21,22,23). The molecule has 2 N–H and O–H groups in total. The minimum atomic E-state index is -3.59. The highest BCUT2D eigenvalue weighted by atomic mass is 31.2. The Morgan fingerprint density at radius 2 is 1.64 bits per heavy atom. The number of fused-ring (bicyclic) bond motifs is 1. The molecule has 0 aromatic heterocycles. The van der Waals surface area contributed by atoms with Crippen LogP contribution in [0.2, 0.25) is 0 Å². The summed E-state index contributed by atoms with van der Waals surface area (Å²) in [5.41, 5.74) is 0.419. The fourth-order valence-electron chi connectivity index (χ4n) is 2.46. The van der Waals surface area contributed by atoms with Crippen molar-refractivity contribution in [3.05, 3.63) is 78.4 Å². The molecule has 6 heteroatoms.